The molecule has 0 aromatic heterocycles. The fraction of sp³-hybridized carbons (Fsp3) is 0.438. The minimum absolute atomic E-state index is 0.0175. The third-order valence-electron chi connectivity index (χ3n) is 10.7. The monoisotopic (exact) mass is 924 g/mol. The van der Waals surface area contributed by atoms with Crippen LogP contribution in [0, 0.1) is 29.1 Å². The number of carbonyl (C=O) groups is 8. The van der Waals surface area contributed by atoms with E-state index >= 15 is 0 Å². The Kier molecular flexibility index (Phi) is 21.8. The minimum Gasteiger partial charge on any atom is -0.496 e. The summed E-state index contributed by atoms with van der Waals surface area (Å²) in [6.45, 7) is 10.2. The highest BCUT2D eigenvalue weighted by Gasteiger charge is 2.34. The maximum absolute atomic E-state index is 14.3. The van der Waals surface area contributed by atoms with Crippen molar-refractivity contribution in [1.82, 2.24) is 37.0 Å². The molecular formula is C48H64N10O9. The summed E-state index contributed by atoms with van der Waals surface area (Å²) < 4.78 is 5.30. The van der Waals surface area contributed by atoms with Gasteiger partial charge < -0.3 is 41.1 Å². The first-order valence-corrected chi connectivity index (χ1v) is 22.2. The Morgan fingerprint density at radius 3 is 1.97 bits per heavy atom. The van der Waals surface area contributed by atoms with Crippen LogP contribution in [0.2, 0.25) is 0 Å². The van der Waals surface area contributed by atoms with E-state index in [0.29, 0.717) is 24.1 Å². The smallest absolute Gasteiger partial charge is 0.318 e. The molecule has 0 aliphatic carbocycles. The number of likely N-dealkylation sites (N-methyl/N-ethyl adjacent to an activating group) is 1. The van der Waals surface area contributed by atoms with E-state index in [4.69, 9.17) is 4.74 Å². The molecule has 0 radical (unpaired) electrons. The third kappa shape index (κ3) is 16.8. The highest BCUT2D eigenvalue weighted by molar-refractivity contribution is 6.44. The fourth-order valence-electron chi connectivity index (χ4n) is 6.67. The van der Waals surface area contributed by atoms with Crippen molar-refractivity contribution in [2.45, 2.75) is 85.4 Å². The summed E-state index contributed by atoms with van der Waals surface area (Å²) in [7, 11) is 2.81. The van der Waals surface area contributed by atoms with Crippen molar-refractivity contribution in [2.75, 3.05) is 44.0 Å². The maximum atomic E-state index is 14.3. The van der Waals surface area contributed by atoms with Crippen LogP contribution >= 0.6 is 0 Å². The molecular weight excluding hydrogens is 861 g/mol. The second-order valence-corrected chi connectivity index (χ2v) is 16.5. The number of carbonyl (C=O) groups excluding carboxylic acids is 8. The fourth-order valence-corrected chi connectivity index (χ4v) is 6.67. The van der Waals surface area contributed by atoms with E-state index in [1.54, 1.807) is 81.4 Å². The first-order valence-electron chi connectivity index (χ1n) is 22.2. The van der Waals surface area contributed by atoms with Crippen LogP contribution < -0.4 is 47.1 Å². The first-order chi connectivity index (χ1) is 31.9. The van der Waals surface area contributed by atoms with Gasteiger partial charge in [-0.05, 0) is 54.2 Å². The van der Waals surface area contributed by atoms with Crippen LogP contribution in [0.1, 0.15) is 76.7 Å². The standard InChI is InChI=1S/C48H64N10O9/c1-9-32(6)40(45(63)52-37(27-30(2)3)43(61)50-7)54-44(62)38(28-33-17-12-10-13-18-33)53-48(66)57(24-16-23-49)25-26-58(35-19-14-11-15-20-35)47(65)46(64)51-34-21-22-39(67-8)36(29-34)42(60)56-55-41(59)31(4)5/h10-15,17-22,29-32,37-38,40H,9,16,24-28H2,1-8H3,(H,50,61)(H,51,64)(H,52,63)(H,53,66)(H,54,62)(H,55,59)(H,56,60)/t32-,37-,38-,40-/m0/s1. The molecule has 9 amide bonds. The van der Waals surface area contributed by atoms with Gasteiger partial charge in [0.1, 0.15) is 23.9 Å². The summed E-state index contributed by atoms with van der Waals surface area (Å²) in [4.78, 5) is 110. The molecule has 360 valence electrons. The van der Waals surface area contributed by atoms with Crippen LogP contribution in [-0.2, 0) is 35.2 Å². The van der Waals surface area contributed by atoms with Gasteiger partial charge in [0.15, 0.2) is 0 Å². The number of methoxy groups -OCH3 is 1. The van der Waals surface area contributed by atoms with E-state index in [0.717, 1.165) is 4.90 Å². The molecule has 4 atom stereocenters. The molecule has 0 fully saturated rings. The molecule has 19 heteroatoms. The molecule has 3 rings (SSSR count). The average Bonchev–Trinajstić information content (AvgIpc) is 3.32. The number of hydrogen-bond acceptors (Lipinski definition) is 10. The maximum Gasteiger partial charge on any atom is 0.318 e. The normalized spacial score (nSPS) is 12.5. The second kappa shape index (κ2) is 27.1. The number of anilines is 2. The zero-order chi connectivity index (χ0) is 49.6. The van der Waals surface area contributed by atoms with Gasteiger partial charge in [-0.3, -0.25) is 44.4 Å². The van der Waals surface area contributed by atoms with E-state index < -0.39 is 65.5 Å². The van der Waals surface area contributed by atoms with Gasteiger partial charge >= 0.3 is 17.8 Å². The largest absolute Gasteiger partial charge is 0.496 e. The van der Waals surface area contributed by atoms with Crippen LogP contribution in [0.15, 0.2) is 78.9 Å². The summed E-state index contributed by atoms with van der Waals surface area (Å²) in [5.41, 5.74) is 5.62. The van der Waals surface area contributed by atoms with Gasteiger partial charge in [-0.25, -0.2) is 4.79 Å². The van der Waals surface area contributed by atoms with Crippen LogP contribution in [0.3, 0.4) is 0 Å². The summed E-state index contributed by atoms with van der Waals surface area (Å²) in [6.07, 6.45) is 0.762. The number of para-hydroxylation sites is 1. The van der Waals surface area contributed by atoms with Crippen molar-refractivity contribution in [1.29, 1.82) is 5.26 Å². The lowest BCUT2D eigenvalue weighted by Crippen LogP contribution is -2.59. The van der Waals surface area contributed by atoms with E-state index in [1.807, 2.05) is 26.8 Å². The quantitative estimate of drug-likeness (QED) is 0.0571. The molecule has 0 saturated carbocycles. The van der Waals surface area contributed by atoms with Gasteiger partial charge in [0.2, 0.25) is 23.6 Å². The molecule has 0 aliphatic rings. The Bertz CT molecular complexity index is 2220. The zero-order valence-electron chi connectivity index (χ0n) is 39.4. The lowest BCUT2D eigenvalue weighted by Gasteiger charge is -2.31. The minimum atomic E-state index is -1.23. The van der Waals surface area contributed by atoms with Crippen LogP contribution in [0.4, 0.5) is 16.2 Å². The van der Waals surface area contributed by atoms with Crippen LogP contribution in [-0.4, -0.2) is 104 Å². The van der Waals surface area contributed by atoms with E-state index in [1.165, 1.54) is 37.3 Å². The molecule has 0 spiro atoms. The third-order valence-corrected chi connectivity index (χ3v) is 10.7. The van der Waals surface area contributed by atoms with Crippen molar-refractivity contribution in [3.05, 3.63) is 90.0 Å². The van der Waals surface area contributed by atoms with Crippen molar-refractivity contribution in [3.63, 3.8) is 0 Å². The number of hydrazine groups is 1. The van der Waals surface area contributed by atoms with Gasteiger partial charge in [0.25, 0.3) is 5.91 Å². The number of rotatable bonds is 22. The van der Waals surface area contributed by atoms with Gasteiger partial charge in [-0.1, -0.05) is 96.5 Å². The molecule has 0 aliphatic heterocycles. The molecule has 0 saturated heterocycles. The number of benzene rings is 3. The Labute approximate surface area is 392 Å². The summed E-state index contributed by atoms with van der Waals surface area (Å²) in [5, 5.41) is 23.1. The summed E-state index contributed by atoms with van der Waals surface area (Å²) in [6, 6.07) is 19.3. The second-order valence-electron chi connectivity index (χ2n) is 16.5. The molecule has 0 bridgehead atoms. The van der Waals surface area contributed by atoms with Crippen LogP contribution in [0.25, 0.3) is 0 Å². The van der Waals surface area contributed by atoms with Gasteiger partial charge in [-0.2, -0.15) is 5.26 Å². The topological polar surface area (TPSA) is 260 Å². The van der Waals surface area contributed by atoms with Crippen molar-refractivity contribution in [2.24, 2.45) is 17.8 Å². The van der Waals surface area contributed by atoms with Gasteiger partial charge in [-0.15, -0.1) is 0 Å². The first kappa shape index (κ1) is 53.8. The Balaban J connectivity index is 1.90. The lowest BCUT2D eigenvalue weighted by molar-refractivity contribution is -0.134. The number of nitrogens with zero attached hydrogens (tertiary/aromatic N) is 3. The van der Waals surface area contributed by atoms with Crippen molar-refractivity contribution < 1.29 is 43.1 Å². The average molecular weight is 925 g/mol. The molecule has 3 aromatic rings. The highest BCUT2D eigenvalue weighted by Crippen LogP contribution is 2.23. The number of ether oxygens (including phenoxy) is 1. The molecule has 0 unspecified atom stereocenters. The van der Waals surface area contributed by atoms with E-state index in [2.05, 4.69) is 37.4 Å². The SMILES string of the molecule is CC[C@H](C)[C@H](NC(=O)[C@H](Cc1ccccc1)NC(=O)N(CCC#N)CCN(C(=O)C(=O)Nc1ccc(OC)c(C(=O)NNC(=O)C(C)C)c1)c1ccccc1)C(=O)N[C@@H](CC(C)C)C(=O)NC. The van der Waals surface area contributed by atoms with Crippen molar-refractivity contribution in [3.8, 4) is 11.8 Å². The number of nitriles is 1. The summed E-state index contributed by atoms with van der Waals surface area (Å²) >= 11 is 0. The number of nitrogens with one attached hydrogen (secondary N) is 7. The zero-order valence-corrected chi connectivity index (χ0v) is 39.4. The number of hydrogen-bond donors (Lipinski definition) is 7. The van der Waals surface area contributed by atoms with Crippen LogP contribution in [0.5, 0.6) is 5.75 Å². The molecule has 3 aromatic carbocycles. The highest BCUT2D eigenvalue weighted by atomic mass is 16.5. The Morgan fingerprint density at radius 2 is 1.39 bits per heavy atom. The Morgan fingerprint density at radius 1 is 0.731 bits per heavy atom. The summed E-state index contributed by atoms with van der Waals surface area (Å²) in [5.74, 6) is -5.49. The number of amides is 9. The lowest BCUT2D eigenvalue weighted by atomic mass is 9.96. The predicted octanol–water partition coefficient (Wildman–Crippen LogP) is 3.43. The Hall–Kier alpha value is -7.49. The predicted molar refractivity (Wildman–Crippen MR) is 252 cm³/mol. The molecule has 19 nitrogen and oxygen atoms in total. The van der Waals surface area contributed by atoms with Gasteiger partial charge in [0.05, 0.1) is 25.2 Å². The molecule has 7 N–H and O–H groups in total. The van der Waals surface area contributed by atoms with Crippen molar-refractivity contribution >= 4 is 58.8 Å². The molecule has 0 heterocycles. The number of urea groups is 1. The van der Waals surface area contributed by atoms with E-state index in [-0.39, 0.29) is 67.2 Å². The molecule has 67 heavy (non-hydrogen) atoms. The van der Waals surface area contributed by atoms with Gasteiger partial charge in [0, 0.05) is 50.4 Å². The van der Waals surface area contributed by atoms with E-state index in [9.17, 15) is 43.6 Å².